The summed E-state index contributed by atoms with van der Waals surface area (Å²) in [4.78, 5) is 27.2. The smallest absolute Gasteiger partial charge is 0.321 e. The number of anilines is 1. The molecule has 3 heterocycles. The van der Waals surface area contributed by atoms with E-state index in [-0.39, 0.29) is 23.9 Å². The molecule has 6 heteroatoms. The van der Waals surface area contributed by atoms with Crippen LogP contribution in [0.25, 0.3) is 0 Å². The van der Waals surface area contributed by atoms with Crippen LogP contribution >= 0.6 is 0 Å². The fraction of sp³-hybridized carbons (Fsp3) is 0.619. The summed E-state index contributed by atoms with van der Waals surface area (Å²) in [5.41, 5.74) is 1.91. The minimum atomic E-state index is -0.113. The number of rotatable bonds is 3. The third-order valence-corrected chi connectivity index (χ3v) is 6.17. The van der Waals surface area contributed by atoms with Crippen LogP contribution in [0.3, 0.4) is 0 Å². The molecule has 146 valence electrons. The zero-order valence-electron chi connectivity index (χ0n) is 16.0. The van der Waals surface area contributed by atoms with Crippen molar-refractivity contribution in [1.29, 1.82) is 0 Å². The van der Waals surface area contributed by atoms with E-state index < -0.39 is 0 Å². The van der Waals surface area contributed by atoms with Crippen molar-refractivity contribution in [1.82, 2.24) is 15.5 Å². The Bertz CT molecular complexity index is 695. The van der Waals surface area contributed by atoms with Gasteiger partial charge in [-0.15, -0.1) is 0 Å². The second-order valence-electron chi connectivity index (χ2n) is 8.40. The van der Waals surface area contributed by atoms with Gasteiger partial charge in [0.25, 0.3) is 0 Å². The van der Waals surface area contributed by atoms with Gasteiger partial charge in [-0.25, -0.2) is 4.79 Å². The van der Waals surface area contributed by atoms with E-state index in [0.717, 1.165) is 36.9 Å². The molecule has 3 N–H and O–H groups in total. The molecule has 0 spiro atoms. The molecule has 3 amide bonds. The predicted molar refractivity (Wildman–Crippen MR) is 106 cm³/mol. The van der Waals surface area contributed by atoms with Crippen LogP contribution in [0.1, 0.15) is 44.1 Å². The average molecular weight is 370 g/mol. The lowest BCUT2D eigenvalue weighted by molar-refractivity contribution is -0.127. The number of aryl methyl sites for hydroxylation is 1. The van der Waals surface area contributed by atoms with Crippen molar-refractivity contribution in [3.8, 4) is 0 Å². The molecule has 2 bridgehead atoms. The second kappa shape index (κ2) is 7.89. The number of nitrogens with one attached hydrogen (secondary N) is 3. The summed E-state index contributed by atoms with van der Waals surface area (Å²) >= 11 is 0. The molecule has 0 aromatic heterocycles. The average Bonchev–Trinajstić information content (AvgIpc) is 3.00. The fourth-order valence-corrected chi connectivity index (χ4v) is 4.80. The SMILES string of the molecule is Cc1cccc(NC(=O)N2CCCC(C(=O)NC3CC4CCC(C3)N4)C2)c1. The van der Waals surface area contributed by atoms with Crippen LogP contribution in [-0.4, -0.2) is 48.1 Å². The lowest BCUT2D eigenvalue weighted by Crippen LogP contribution is -2.52. The van der Waals surface area contributed by atoms with Crippen molar-refractivity contribution < 1.29 is 9.59 Å². The number of benzene rings is 1. The van der Waals surface area contributed by atoms with Gasteiger partial charge in [-0.2, -0.15) is 0 Å². The van der Waals surface area contributed by atoms with Crippen LogP contribution in [0.15, 0.2) is 24.3 Å². The summed E-state index contributed by atoms with van der Waals surface area (Å²) in [7, 11) is 0. The van der Waals surface area contributed by atoms with Gasteiger partial charge < -0.3 is 20.9 Å². The van der Waals surface area contributed by atoms with E-state index in [2.05, 4.69) is 16.0 Å². The van der Waals surface area contributed by atoms with Gasteiger partial charge in [0.1, 0.15) is 0 Å². The first-order chi connectivity index (χ1) is 13.1. The normalized spacial score (nSPS) is 30.0. The van der Waals surface area contributed by atoms with E-state index in [1.54, 1.807) is 4.90 Å². The predicted octanol–water partition coefficient (Wildman–Crippen LogP) is 2.64. The Morgan fingerprint density at radius 1 is 1.15 bits per heavy atom. The van der Waals surface area contributed by atoms with E-state index in [9.17, 15) is 9.59 Å². The maximum Gasteiger partial charge on any atom is 0.321 e. The first-order valence-corrected chi connectivity index (χ1v) is 10.3. The Labute approximate surface area is 161 Å². The van der Waals surface area contributed by atoms with Gasteiger partial charge >= 0.3 is 6.03 Å². The Morgan fingerprint density at radius 2 is 1.93 bits per heavy atom. The summed E-state index contributed by atoms with van der Waals surface area (Å²) in [5, 5.41) is 9.84. The van der Waals surface area contributed by atoms with Gasteiger partial charge in [0.2, 0.25) is 5.91 Å². The number of nitrogens with zero attached hydrogens (tertiary/aromatic N) is 1. The molecule has 3 atom stereocenters. The van der Waals surface area contributed by atoms with Crippen LogP contribution in [-0.2, 0) is 4.79 Å². The molecule has 0 radical (unpaired) electrons. The highest BCUT2D eigenvalue weighted by molar-refractivity contribution is 5.90. The number of amides is 3. The van der Waals surface area contributed by atoms with Crippen LogP contribution in [0.5, 0.6) is 0 Å². The Kier molecular flexibility index (Phi) is 5.34. The second-order valence-corrected chi connectivity index (χ2v) is 8.40. The lowest BCUT2D eigenvalue weighted by Gasteiger charge is -2.34. The molecule has 6 nitrogen and oxygen atoms in total. The summed E-state index contributed by atoms with van der Waals surface area (Å²) in [5.74, 6) is 0.0175. The number of carbonyl (C=O) groups is 2. The highest BCUT2D eigenvalue weighted by atomic mass is 16.2. The molecule has 1 aromatic carbocycles. The number of hydrogen-bond acceptors (Lipinski definition) is 3. The molecule has 0 aliphatic carbocycles. The Morgan fingerprint density at radius 3 is 2.67 bits per heavy atom. The first-order valence-electron chi connectivity index (χ1n) is 10.3. The van der Waals surface area contributed by atoms with Crippen molar-refractivity contribution >= 4 is 17.6 Å². The molecular formula is C21H30N4O2. The van der Waals surface area contributed by atoms with Gasteiger partial charge in [0.15, 0.2) is 0 Å². The van der Waals surface area contributed by atoms with Gasteiger partial charge in [-0.05, 0) is 63.1 Å². The minimum Gasteiger partial charge on any atom is -0.353 e. The highest BCUT2D eigenvalue weighted by Crippen LogP contribution is 2.27. The molecule has 3 saturated heterocycles. The third kappa shape index (κ3) is 4.43. The van der Waals surface area contributed by atoms with Crippen LogP contribution in [0, 0.1) is 12.8 Å². The minimum absolute atomic E-state index is 0.102. The molecule has 4 rings (SSSR count). The number of piperidine rings is 2. The monoisotopic (exact) mass is 370 g/mol. The number of fused-ring (bicyclic) bond motifs is 2. The maximum atomic E-state index is 12.8. The van der Waals surface area contributed by atoms with Crippen molar-refractivity contribution in [2.45, 2.75) is 63.6 Å². The Hall–Kier alpha value is -2.08. The van der Waals surface area contributed by atoms with E-state index in [0.29, 0.717) is 25.2 Å². The molecular weight excluding hydrogens is 340 g/mol. The van der Waals surface area contributed by atoms with Crippen LogP contribution < -0.4 is 16.0 Å². The molecule has 3 fully saturated rings. The van der Waals surface area contributed by atoms with E-state index in [1.807, 2.05) is 31.2 Å². The topological polar surface area (TPSA) is 73.5 Å². The molecule has 3 aliphatic heterocycles. The largest absolute Gasteiger partial charge is 0.353 e. The summed E-state index contributed by atoms with van der Waals surface area (Å²) in [6.45, 7) is 3.21. The van der Waals surface area contributed by atoms with Crippen molar-refractivity contribution in [3.05, 3.63) is 29.8 Å². The van der Waals surface area contributed by atoms with Gasteiger partial charge in [0, 0.05) is 36.9 Å². The number of likely N-dealkylation sites (tertiary alicyclic amines) is 1. The highest BCUT2D eigenvalue weighted by Gasteiger charge is 2.36. The molecule has 3 unspecified atom stereocenters. The summed E-state index contributed by atoms with van der Waals surface area (Å²) in [6.07, 6.45) is 6.26. The van der Waals surface area contributed by atoms with Crippen molar-refractivity contribution in [3.63, 3.8) is 0 Å². The fourth-order valence-electron chi connectivity index (χ4n) is 4.80. The standard InChI is InChI=1S/C21H30N4O2/c1-14-4-2-6-16(10-14)24-21(27)25-9-3-5-15(13-25)20(26)23-19-11-17-7-8-18(12-19)22-17/h2,4,6,10,15,17-19,22H,3,5,7-9,11-13H2,1H3,(H,23,26)(H,24,27). The van der Waals surface area contributed by atoms with Gasteiger partial charge in [-0.1, -0.05) is 12.1 Å². The first kappa shape index (κ1) is 18.3. The molecule has 1 aromatic rings. The van der Waals surface area contributed by atoms with Crippen molar-refractivity contribution in [2.75, 3.05) is 18.4 Å². The van der Waals surface area contributed by atoms with E-state index >= 15 is 0 Å². The Balaban J connectivity index is 1.30. The zero-order chi connectivity index (χ0) is 18.8. The maximum absolute atomic E-state index is 12.8. The lowest BCUT2D eigenvalue weighted by atomic mass is 9.95. The van der Waals surface area contributed by atoms with E-state index in [4.69, 9.17) is 0 Å². The molecule has 27 heavy (non-hydrogen) atoms. The van der Waals surface area contributed by atoms with E-state index in [1.165, 1.54) is 12.8 Å². The number of hydrogen-bond donors (Lipinski definition) is 3. The van der Waals surface area contributed by atoms with Crippen LogP contribution in [0.2, 0.25) is 0 Å². The third-order valence-electron chi connectivity index (χ3n) is 6.17. The molecule has 0 saturated carbocycles. The number of carbonyl (C=O) groups excluding carboxylic acids is 2. The summed E-state index contributed by atoms with van der Waals surface area (Å²) in [6, 6.07) is 9.09. The zero-order valence-corrected chi connectivity index (χ0v) is 16.0. The van der Waals surface area contributed by atoms with Crippen molar-refractivity contribution in [2.24, 2.45) is 5.92 Å². The summed E-state index contributed by atoms with van der Waals surface area (Å²) < 4.78 is 0. The quantitative estimate of drug-likeness (QED) is 0.766. The van der Waals surface area contributed by atoms with Gasteiger partial charge in [-0.3, -0.25) is 4.79 Å². The molecule has 3 aliphatic rings. The van der Waals surface area contributed by atoms with Crippen LogP contribution in [0.4, 0.5) is 10.5 Å². The number of urea groups is 1. The van der Waals surface area contributed by atoms with Gasteiger partial charge in [0.05, 0.1) is 5.92 Å².